The fraction of sp³-hybridized carbons (Fsp3) is 0.419. The Morgan fingerprint density at radius 3 is 0.750 bits per heavy atom. The first-order valence-corrected chi connectivity index (χ1v) is 26.7. The molecule has 0 aliphatic carbocycles. The average molecular weight is 911 g/mol. The van der Waals surface area contributed by atoms with Crippen LogP contribution in [0.15, 0.2) is 158 Å². The number of hydrogen-bond donors (Lipinski definition) is 0. The Hall–Kier alpha value is -5.24. The molecule has 6 aromatic carbocycles. The minimum absolute atomic E-state index is 0.745. The Labute approximate surface area is 408 Å². The van der Waals surface area contributed by atoms with E-state index in [0.29, 0.717) is 0 Å². The summed E-state index contributed by atoms with van der Waals surface area (Å²) in [6.07, 6.45) is 14.7. The highest BCUT2D eigenvalue weighted by atomic mass is 16.5. The lowest BCUT2D eigenvalue weighted by atomic mass is 10.1. The van der Waals surface area contributed by atoms with Crippen LogP contribution in [0.2, 0.25) is 0 Å². The zero-order valence-electron chi connectivity index (χ0n) is 41.0. The quantitative estimate of drug-likeness (QED) is 0.0529. The van der Waals surface area contributed by atoms with Crippen LogP contribution in [-0.2, 0) is 26.2 Å². The van der Waals surface area contributed by atoms with Crippen LogP contribution in [0.1, 0.15) is 99.3 Å². The van der Waals surface area contributed by atoms with E-state index in [2.05, 4.69) is 158 Å². The maximum absolute atomic E-state index is 6.74. The Kier molecular flexibility index (Phi) is 14.8. The molecule has 0 aromatic heterocycles. The molecule has 6 nitrogen and oxygen atoms in total. The first kappa shape index (κ1) is 46.5. The molecule has 4 fully saturated rings. The largest absolute Gasteiger partial charge is 0.494 e. The summed E-state index contributed by atoms with van der Waals surface area (Å²) in [4.78, 5) is 0. The number of nitrogens with zero attached hydrogens (tertiary/aromatic N) is 4. The van der Waals surface area contributed by atoms with Crippen molar-refractivity contribution in [3.63, 3.8) is 0 Å². The number of benzene rings is 6. The molecule has 0 bridgehead atoms. The predicted molar refractivity (Wildman–Crippen MR) is 286 cm³/mol. The van der Waals surface area contributed by atoms with Crippen molar-refractivity contribution in [3.8, 4) is 11.5 Å². The van der Waals surface area contributed by atoms with Crippen LogP contribution in [-0.4, -0.2) is 65.6 Å². The highest BCUT2D eigenvalue weighted by molar-refractivity contribution is 5.50. The molecule has 354 valence electrons. The van der Waals surface area contributed by atoms with E-state index < -0.39 is 0 Å². The SMILES string of the molecule is c1ccc([N+]2(Cc3cc(C[N+]4(c5ccccc5)CCCC4)cc(OCCCCCCOc4cc(C[N+]5(c6ccccc6)CCCC5)cc(C[N+]5(c6ccccc6)CCCC5)c4)c3)CCCC2)cc1. The van der Waals surface area contributed by atoms with Crippen molar-refractivity contribution in [1.82, 2.24) is 17.9 Å². The molecule has 0 saturated carbocycles. The van der Waals surface area contributed by atoms with Gasteiger partial charge in [0.2, 0.25) is 0 Å². The first-order valence-electron chi connectivity index (χ1n) is 26.7. The number of ether oxygens (including phenoxy) is 2. The lowest BCUT2D eigenvalue weighted by molar-refractivity contribution is 0.283. The van der Waals surface area contributed by atoms with Gasteiger partial charge in [0.1, 0.15) is 60.4 Å². The Bertz CT molecular complexity index is 2150. The third-order valence-corrected chi connectivity index (χ3v) is 16.5. The Balaban J connectivity index is 0.796. The van der Waals surface area contributed by atoms with Crippen molar-refractivity contribution in [2.24, 2.45) is 0 Å². The standard InChI is InChI=1S/C62H78N4O2/c1(23-41-67-61-45-53(49-63(33-15-16-34-63)57-25-7-3-8-26-57)43-54(46-61)50-64(35-17-18-36-64)58-27-9-4-10-28-58)2-24-42-68-62-47-55(51-65(37-19-20-38-65)59-29-11-5-12-30-59)44-56(48-62)52-66(39-21-22-40-66)60-31-13-6-14-32-60/h3-14,25-32,43-48H,1-2,15-24,33-42,49-52H2/q+4. The van der Waals surface area contributed by atoms with Gasteiger partial charge in [-0.2, -0.15) is 0 Å². The van der Waals surface area contributed by atoms with Crippen molar-refractivity contribution in [3.05, 3.63) is 180 Å². The zero-order valence-corrected chi connectivity index (χ0v) is 41.0. The van der Waals surface area contributed by atoms with E-state index in [-0.39, 0.29) is 0 Å². The maximum Gasteiger partial charge on any atom is 0.133 e. The highest BCUT2D eigenvalue weighted by Gasteiger charge is 2.39. The van der Waals surface area contributed by atoms with Gasteiger partial charge in [0.15, 0.2) is 0 Å². The molecule has 0 unspecified atom stereocenters. The number of rotatable bonds is 21. The summed E-state index contributed by atoms with van der Waals surface area (Å²) < 4.78 is 17.6. The maximum atomic E-state index is 6.74. The topological polar surface area (TPSA) is 18.5 Å². The number of likely N-dealkylation sites (tertiary alicyclic amines) is 4. The van der Waals surface area contributed by atoms with Crippen molar-refractivity contribution < 1.29 is 9.47 Å². The molecule has 4 aliphatic rings. The second-order valence-corrected chi connectivity index (χ2v) is 21.3. The number of para-hydroxylation sites is 4. The summed E-state index contributed by atoms with van der Waals surface area (Å²) in [5.41, 5.74) is 11.4. The van der Waals surface area contributed by atoms with E-state index in [1.807, 2.05) is 0 Å². The van der Waals surface area contributed by atoms with Crippen LogP contribution in [0.25, 0.3) is 0 Å². The third kappa shape index (κ3) is 10.8. The molecule has 10 rings (SSSR count). The van der Waals surface area contributed by atoms with Crippen molar-refractivity contribution >= 4 is 22.7 Å². The first-order chi connectivity index (χ1) is 33.5. The van der Waals surface area contributed by atoms with Crippen LogP contribution in [0.5, 0.6) is 11.5 Å². The van der Waals surface area contributed by atoms with E-state index in [1.54, 1.807) is 0 Å². The minimum Gasteiger partial charge on any atom is -0.494 e. The molecule has 0 radical (unpaired) electrons. The molecular formula is C62H78N4O2+4. The fourth-order valence-corrected chi connectivity index (χ4v) is 13.1. The van der Waals surface area contributed by atoms with Gasteiger partial charge in [-0.1, -0.05) is 72.8 Å². The van der Waals surface area contributed by atoms with E-state index in [0.717, 1.165) is 94.5 Å². The van der Waals surface area contributed by atoms with Gasteiger partial charge < -0.3 is 9.47 Å². The van der Waals surface area contributed by atoms with Crippen molar-refractivity contribution in [1.29, 1.82) is 0 Å². The normalized spacial score (nSPS) is 19.0. The van der Waals surface area contributed by atoms with Crippen LogP contribution in [0.3, 0.4) is 0 Å². The number of unbranched alkanes of at least 4 members (excludes halogenated alkanes) is 3. The fourth-order valence-electron chi connectivity index (χ4n) is 13.1. The van der Waals surface area contributed by atoms with E-state index in [9.17, 15) is 0 Å². The molecule has 0 spiro atoms. The van der Waals surface area contributed by atoms with Gasteiger partial charge in [-0.25, -0.2) is 0 Å². The molecule has 68 heavy (non-hydrogen) atoms. The van der Waals surface area contributed by atoms with Crippen molar-refractivity contribution in [2.75, 3.05) is 65.6 Å². The van der Waals surface area contributed by atoms with Gasteiger partial charge >= 0.3 is 0 Å². The molecule has 0 amide bonds. The second-order valence-electron chi connectivity index (χ2n) is 21.3. The van der Waals surface area contributed by atoms with E-state index in [4.69, 9.17) is 9.47 Å². The van der Waals surface area contributed by atoms with Gasteiger partial charge in [0.25, 0.3) is 0 Å². The summed E-state index contributed by atoms with van der Waals surface area (Å²) in [5, 5.41) is 0. The molecule has 4 aliphatic heterocycles. The number of hydrogen-bond acceptors (Lipinski definition) is 2. The van der Waals surface area contributed by atoms with Gasteiger partial charge in [0.05, 0.1) is 65.6 Å². The molecule has 0 N–H and O–H groups in total. The van der Waals surface area contributed by atoms with E-state index >= 15 is 0 Å². The molecule has 4 saturated heterocycles. The molecule has 6 aromatic rings. The van der Waals surface area contributed by atoms with Crippen LogP contribution < -0.4 is 27.4 Å². The lowest BCUT2D eigenvalue weighted by Crippen LogP contribution is -2.46. The highest BCUT2D eigenvalue weighted by Crippen LogP contribution is 2.38. The zero-order chi connectivity index (χ0) is 46.0. The summed E-state index contributed by atoms with van der Waals surface area (Å²) >= 11 is 0. The second kappa shape index (κ2) is 21.6. The average Bonchev–Trinajstić information content (AvgIpc) is 4.24. The van der Waals surface area contributed by atoms with Gasteiger partial charge in [0, 0.05) is 73.6 Å². The Morgan fingerprint density at radius 1 is 0.279 bits per heavy atom. The smallest absolute Gasteiger partial charge is 0.133 e. The molecule has 6 heteroatoms. The van der Waals surface area contributed by atoms with Crippen LogP contribution in [0.4, 0.5) is 22.7 Å². The summed E-state index contributed by atoms with van der Waals surface area (Å²) in [7, 11) is 0. The summed E-state index contributed by atoms with van der Waals surface area (Å²) in [6, 6.07) is 59.7. The van der Waals surface area contributed by atoms with Crippen LogP contribution >= 0.6 is 0 Å². The van der Waals surface area contributed by atoms with Crippen LogP contribution in [0, 0.1) is 0 Å². The van der Waals surface area contributed by atoms with Gasteiger partial charge in [-0.05, 0) is 111 Å². The van der Waals surface area contributed by atoms with Gasteiger partial charge in [-0.3, -0.25) is 17.9 Å². The molecular weight excluding hydrogens is 833 g/mol. The van der Waals surface area contributed by atoms with Gasteiger partial charge in [-0.15, -0.1) is 0 Å². The monoisotopic (exact) mass is 911 g/mol. The predicted octanol–water partition coefficient (Wildman–Crippen LogP) is 13.9. The Morgan fingerprint density at radius 2 is 0.515 bits per heavy atom. The van der Waals surface area contributed by atoms with Crippen molar-refractivity contribution in [2.45, 2.75) is 103 Å². The minimum atomic E-state index is 0.745. The molecule has 4 heterocycles. The lowest BCUT2D eigenvalue weighted by Gasteiger charge is -2.35. The third-order valence-electron chi connectivity index (χ3n) is 16.5. The molecule has 0 atom stereocenters. The summed E-state index contributed by atoms with van der Waals surface area (Å²) in [6.45, 7) is 15.2. The van der Waals surface area contributed by atoms with E-state index in [1.165, 1.54) is 149 Å². The number of quaternary nitrogens is 4. The summed E-state index contributed by atoms with van der Waals surface area (Å²) in [5.74, 6) is 2.09.